The fourth-order valence-corrected chi connectivity index (χ4v) is 5.89. The lowest BCUT2D eigenvalue weighted by atomic mass is 9.58. The number of H-pyrrole nitrogens is 1. The van der Waals surface area contributed by atoms with Crippen molar-refractivity contribution < 1.29 is 9.53 Å². The number of rotatable bonds is 4. The summed E-state index contributed by atoms with van der Waals surface area (Å²) in [6.45, 7) is 7.93. The number of fused-ring (bicyclic) bond motifs is 1. The summed E-state index contributed by atoms with van der Waals surface area (Å²) in [5.41, 5.74) is 2.02. The number of ketones is 1. The van der Waals surface area contributed by atoms with Crippen molar-refractivity contribution in [3.8, 4) is 5.75 Å². The number of Topliss-reactive ketones (excluding diaryl/α,β-unsaturated/α-hetero) is 1. The maximum atomic E-state index is 13.3. The summed E-state index contributed by atoms with van der Waals surface area (Å²) in [4.78, 5) is 21.8. The number of piperidine rings is 2. The molecule has 1 aromatic carbocycles. The number of ether oxygens (including phenoxy) is 1. The zero-order chi connectivity index (χ0) is 18.1. The van der Waals surface area contributed by atoms with Crippen molar-refractivity contribution in [1.82, 2.24) is 14.8 Å². The molecule has 6 rings (SSSR count). The number of benzene rings is 1. The average molecular weight is 353 g/mol. The van der Waals surface area contributed by atoms with Gasteiger partial charge in [-0.2, -0.15) is 0 Å². The Balaban J connectivity index is 1.61. The molecule has 5 nitrogen and oxygen atoms in total. The first kappa shape index (κ1) is 16.3. The third kappa shape index (κ3) is 1.85. The first-order chi connectivity index (χ1) is 12.6. The van der Waals surface area contributed by atoms with Crippen LogP contribution in [-0.2, 0) is 4.79 Å². The second kappa shape index (κ2) is 5.33. The first-order valence-electron chi connectivity index (χ1n) is 9.74. The molecular formula is C21H27N3O2. The molecule has 0 saturated carbocycles. The number of methoxy groups -OCH3 is 1. The lowest BCUT2D eigenvalue weighted by molar-refractivity contribution is -0.204. The van der Waals surface area contributed by atoms with Crippen LogP contribution in [0.25, 0.3) is 10.9 Å². The van der Waals surface area contributed by atoms with Crippen LogP contribution in [0.4, 0.5) is 0 Å². The quantitative estimate of drug-likeness (QED) is 0.917. The lowest BCUT2D eigenvalue weighted by Crippen LogP contribution is -2.76. The molecule has 4 aliphatic rings. The van der Waals surface area contributed by atoms with E-state index in [1.54, 1.807) is 7.11 Å². The van der Waals surface area contributed by atoms with Gasteiger partial charge in [-0.3, -0.25) is 14.6 Å². The van der Waals surface area contributed by atoms with E-state index >= 15 is 0 Å². The Morgan fingerprint density at radius 3 is 2.27 bits per heavy atom. The molecule has 4 saturated heterocycles. The summed E-state index contributed by atoms with van der Waals surface area (Å²) in [7, 11) is 1.72. The number of carbonyl (C=O) groups excluding carboxylic acids is 1. The zero-order valence-electron chi connectivity index (χ0n) is 15.8. The molecule has 1 N–H and O–H groups in total. The van der Waals surface area contributed by atoms with Crippen molar-refractivity contribution in [2.24, 2.45) is 10.8 Å². The Hall–Kier alpha value is -1.85. The summed E-state index contributed by atoms with van der Waals surface area (Å²) in [6, 6.07) is 6.23. The molecule has 5 heterocycles. The Morgan fingerprint density at radius 1 is 1.12 bits per heavy atom. The van der Waals surface area contributed by atoms with Crippen molar-refractivity contribution in [2.75, 3.05) is 33.3 Å². The van der Waals surface area contributed by atoms with E-state index in [1.165, 1.54) is 10.9 Å². The van der Waals surface area contributed by atoms with Crippen molar-refractivity contribution in [3.63, 3.8) is 0 Å². The molecule has 0 unspecified atom stereocenters. The number of hydrogen-bond donors (Lipinski definition) is 1. The van der Waals surface area contributed by atoms with E-state index < -0.39 is 0 Å². The van der Waals surface area contributed by atoms with E-state index in [9.17, 15) is 4.79 Å². The molecule has 2 aromatic rings. The fraction of sp³-hybridized carbons (Fsp3) is 0.571. The summed E-state index contributed by atoms with van der Waals surface area (Å²) < 4.78 is 5.52. The zero-order valence-corrected chi connectivity index (χ0v) is 15.8. The van der Waals surface area contributed by atoms with Crippen LogP contribution >= 0.6 is 0 Å². The molecule has 0 atom stereocenters. The smallest absolute Gasteiger partial charge is 0.150 e. The third-order valence-electron chi connectivity index (χ3n) is 7.24. The van der Waals surface area contributed by atoms with E-state index in [0.29, 0.717) is 5.78 Å². The van der Waals surface area contributed by atoms with Crippen molar-refractivity contribution >= 4 is 16.7 Å². The van der Waals surface area contributed by atoms with Crippen LogP contribution in [0.2, 0.25) is 0 Å². The normalized spacial score (nSPS) is 38.3. The van der Waals surface area contributed by atoms with Gasteiger partial charge in [0, 0.05) is 43.3 Å². The van der Waals surface area contributed by atoms with Crippen LogP contribution in [0.3, 0.4) is 0 Å². The highest BCUT2D eigenvalue weighted by Gasteiger charge is 2.64. The van der Waals surface area contributed by atoms with Gasteiger partial charge in [0.25, 0.3) is 0 Å². The van der Waals surface area contributed by atoms with Gasteiger partial charge < -0.3 is 9.72 Å². The Kier molecular flexibility index (Phi) is 3.35. The summed E-state index contributed by atoms with van der Waals surface area (Å²) >= 11 is 0. The highest BCUT2D eigenvalue weighted by atomic mass is 16.5. The van der Waals surface area contributed by atoms with E-state index in [-0.39, 0.29) is 17.0 Å². The van der Waals surface area contributed by atoms with Crippen molar-refractivity contribution in [2.45, 2.75) is 32.9 Å². The molecule has 138 valence electrons. The molecule has 5 heteroatoms. The Morgan fingerprint density at radius 2 is 1.73 bits per heavy atom. The number of aromatic amines is 1. The maximum absolute atomic E-state index is 13.3. The minimum absolute atomic E-state index is 0.174. The predicted octanol–water partition coefficient (Wildman–Crippen LogP) is 3.18. The number of hydrogen-bond acceptors (Lipinski definition) is 4. The average Bonchev–Trinajstić information content (AvgIpc) is 3.08. The van der Waals surface area contributed by atoms with Gasteiger partial charge in [-0.05, 0) is 18.9 Å². The molecular weight excluding hydrogens is 326 g/mol. The van der Waals surface area contributed by atoms with Gasteiger partial charge in [-0.25, -0.2) is 0 Å². The number of aromatic nitrogens is 1. The van der Waals surface area contributed by atoms with Crippen molar-refractivity contribution in [1.29, 1.82) is 0 Å². The third-order valence-corrected chi connectivity index (χ3v) is 7.24. The Bertz CT molecular complexity index is 845. The van der Waals surface area contributed by atoms with Crippen LogP contribution in [0.15, 0.2) is 24.4 Å². The highest BCUT2D eigenvalue weighted by molar-refractivity contribution is 5.94. The van der Waals surface area contributed by atoms with Gasteiger partial charge in [0.1, 0.15) is 11.5 Å². The second-order valence-electron chi connectivity index (χ2n) is 8.41. The number of carbonyl (C=O) groups is 1. The number of para-hydroxylation sites is 1. The number of nitrogens with one attached hydrogen (secondary N) is 1. The van der Waals surface area contributed by atoms with Gasteiger partial charge >= 0.3 is 0 Å². The van der Waals surface area contributed by atoms with Crippen molar-refractivity contribution in [3.05, 3.63) is 30.0 Å². The van der Waals surface area contributed by atoms with Gasteiger partial charge in [-0.1, -0.05) is 26.0 Å². The standard InChI is InChI=1S/C21H27N3O2/c1-4-20-10-23-12-21(5-2,19(20)25)13-24(11-20)18(23)15-9-22-17-14(15)7-6-8-16(17)26-3/h6-9,18,22H,4-5,10-13H2,1-3H3. The highest BCUT2D eigenvalue weighted by Crippen LogP contribution is 2.55. The Labute approximate surface area is 154 Å². The molecule has 4 aliphatic heterocycles. The molecule has 4 fully saturated rings. The van der Waals surface area contributed by atoms with Gasteiger partial charge in [-0.15, -0.1) is 0 Å². The summed E-state index contributed by atoms with van der Waals surface area (Å²) in [5, 5.41) is 1.23. The monoisotopic (exact) mass is 353 g/mol. The minimum atomic E-state index is -0.174. The second-order valence-corrected chi connectivity index (χ2v) is 8.41. The van der Waals surface area contributed by atoms with Crippen LogP contribution in [0.1, 0.15) is 38.4 Å². The van der Waals surface area contributed by atoms with Crippen LogP contribution in [0.5, 0.6) is 5.75 Å². The predicted molar refractivity (Wildman–Crippen MR) is 101 cm³/mol. The van der Waals surface area contributed by atoms with Crippen LogP contribution in [-0.4, -0.2) is 53.9 Å². The van der Waals surface area contributed by atoms with Gasteiger partial charge in [0.05, 0.1) is 29.6 Å². The van der Waals surface area contributed by atoms with Crippen LogP contribution < -0.4 is 4.74 Å². The largest absolute Gasteiger partial charge is 0.495 e. The first-order valence-corrected chi connectivity index (χ1v) is 9.74. The van der Waals surface area contributed by atoms with Crippen LogP contribution in [0, 0.1) is 10.8 Å². The molecule has 0 aliphatic carbocycles. The van der Waals surface area contributed by atoms with E-state index in [2.05, 4.69) is 47.0 Å². The molecule has 0 radical (unpaired) electrons. The van der Waals surface area contributed by atoms with Gasteiger partial charge in [0.15, 0.2) is 0 Å². The van der Waals surface area contributed by atoms with E-state index in [0.717, 1.165) is 50.3 Å². The maximum Gasteiger partial charge on any atom is 0.150 e. The number of nitrogens with zero attached hydrogens (tertiary/aromatic N) is 2. The SMILES string of the molecule is CCC12CN3CC(CC)(CN(C1)C3c1c[nH]c3c(OC)cccc13)C2=O. The lowest BCUT2D eigenvalue weighted by Gasteiger charge is -2.66. The van der Waals surface area contributed by atoms with E-state index in [1.807, 2.05) is 6.07 Å². The fourth-order valence-electron chi connectivity index (χ4n) is 5.89. The summed E-state index contributed by atoms with van der Waals surface area (Å²) in [6.07, 6.45) is 4.27. The molecule has 0 spiro atoms. The molecule has 4 bridgehead atoms. The van der Waals surface area contributed by atoms with Gasteiger partial charge in [0.2, 0.25) is 0 Å². The molecule has 0 amide bonds. The topological polar surface area (TPSA) is 48.6 Å². The minimum Gasteiger partial charge on any atom is -0.495 e. The summed E-state index contributed by atoms with van der Waals surface area (Å²) in [5.74, 6) is 1.41. The molecule has 26 heavy (non-hydrogen) atoms. The van der Waals surface area contributed by atoms with E-state index in [4.69, 9.17) is 4.74 Å². The molecule has 1 aromatic heterocycles.